The Labute approximate surface area is 386 Å². The van der Waals surface area contributed by atoms with E-state index in [1.807, 2.05) is 52.5 Å². The molecule has 3 aromatic rings. The smallest absolute Gasteiger partial charge is 0.487 e. The van der Waals surface area contributed by atoms with Gasteiger partial charge in [-0.3, -0.25) is 33.0 Å². The van der Waals surface area contributed by atoms with Gasteiger partial charge in [-0.05, 0) is 41.8 Å². The number of fused-ring (bicyclic) bond motifs is 2. The number of benzene rings is 3. The molecule has 0 radical (unpaired) electrons. The Balaban J connectivity index is 1.05. The van der Waals surface area contributed by atoms with Crippen molar-refractivity contribution in [1.82, 2.24) is 24.3 Å². The Hall–Kier alpha value is -4.96. The number of nitrogens with zero attached hydrogens (tertiary/aromatic N) is 4. The molecule has 360 valence electrons. The highest BCUT2D eigenvalue weighted by atomic mass is 32.1. The van der Waals surface area contributed by atoms with E-state index >= 15 is 0 Å². The predicted molar refractivity (Wildman–Crippen MR) is 247 cm³/mol. The molecule has 22 nitrogen and oxygen atoms in total. The second-order valence-electron chi connectivity index (χ2n) is 15.8. The number of phosphoric ester groups is 1. The summed E-state index contributed by atoms with van der Waals surface area (Å²) in [5.74, 6) is -0.529. The normalized spacial score (nSPS) is 18.9. The third kappa shape index (κ3) is 13.2. The molecule has 0 spiro atoms. The molecule has 3 aliphatic rings. The van der Waals surface area contributed by atoms with Gasteiger partial charge in [-0.2, -0.15) is 4.31 Å². The molecule has 1 fully saturated rings. The number of rotatable bonds is 18. The number of amides is 2. The molecule has 1 saturated heterocycles. The number of carbonyl (C=O) groups is 2. The average molecular weight is 1010 g/mol. The Morgan fingerprint density at radius 3 is 2.45 bits per heavy atom. The zero-order valence-electron chi connectivity index (χ0n) is 36.7. The molecule has 6 N–H and O–H groups in total. The molecule has 2 aromatic carbocycles. The highest BCUT2D eigenvalue weighted by Gasteiger charge is 2.41. The van der Waals surface area contributed by atoms with Crippen molar-refractivity contribution in [1.29, 1.82) is 0 Å². The molecular weight excluding hydrogens is 957 g/mol. The molecular formula is C41H49N6O16P3S. The van der Waals surface area contributed by atoms with Gasteiger partial charge in [0.25, 0.3) is 19.3 Å². The summed E-state index contributed by atoms with van der Waals surface area (Å²) >= 11 is 1.69. The van der Waals surface area contributed by atoms with Crippen LogP contribution in [0.4, 0.5) is 5.69 Å². The van der Waals surface area contributed by atoms with Crippen LogP contribution in [0.25, 0.3) is 37.7 Å². The van der Waals surface area contributed by atoms with Crippen LogP contribution >= 0.6 is 34.8 Å². The fourth-order valence-corrected chi connectivity index (χ4v) is 11.3. The number of aromatic nitrogens is 2. The second kappa shape index (κ2) is 21.1. The first-order valence-electron chi connectivity index (χ1n) is 20.3. The van der Waals surface area contributed by atoms with E-state index in [1.54, 1.807) is 23.3 Å². The molecule has 26 heteroatoms. The van der Waals surface area contributed by atoms with Crippen molar-refractivity contribution < 1.29 is 65.8 Å². The summed E-state index contributed by atoms with van der Waals surface area (Å²) in [6.07, 6.45) is -0.118. The highest BCUT2D eigenvalue weighted by Crippen LogP contribution is 2.65. The van der Waals surface area contributed by atoms with E-state index in [4.69, 9.17) is 9.63 Å². The first-order chi connectivity index (χ1) is 31.4. The number of hydrogen-bond acceptors (Lipinski definition) is 15. The van der Waals surface area contributed by atoms with Gasteiger partial charge in [0, 0.05) is 97.2 Å². The average Bonchev–Trinajstić information content (AvgIpc) is 3.61. The van der Waals surface area contributed by atoms with E-state index in [-0.39, 0.29) is 43.3 Å². The van der Waals surface area contributed by atoms with Gasteiger partial charge >= 0.3 is 21.3 Å². The van der Waals surface area contributed by atoms with Crippen molar-refractivity contribution in [3.05, 3.63) is 110 Å². The van der Waals surface area contributed by atoms with Crippen molar-refractivity contribution in [3.63, 3.8) is 0 Å². The lowest BCUT2D eigenvalue weighted by molar-refractivity contribution is -0.212. The number of aliphatic hydroxyl groups is 1. The van der Waals surface area contributed by atoms with Gasteiger partial charge in [-0.1, -0.05) is 36.4 Å². The zero-order valence-corrected chi connectivity index (χ0v) is 40.2. The number of anilines is 1. The maximum Gasteiger partial charge on any atom is 0.487 e. The van der Waals surface area contributed by atoms with Crippen LogP contribution in [0.2, 0.25) is 0 Å². The first kappa shape index (κ1) is 51.4. The van der Waals surface area contributed by atoms with Crippen LogP contribution in [0.1, 0.15) is 41.4 Å². The first-order valence-corrected chi connectivity index (χ1v) is 25.6. The maximum absolute atomic E-state index is 14.1. The van der Waals surface area contributed by atoms with Crippen LogP contribution in [-0.2, 0) is 36.4 Å². The van der Waals surface area contributed by atoms with Crippen molar-refractivity contribution >= 4 is 68.5 Å². The van der Waals surface area contributed by atoms with Gasteiger partial charge in [0.05, 0.1) is 18.3 Å². The molecule has 1 aromatic heterocycles. The Kier molecular flexibility index (Phi) is 16.2. The van der Waals surface area contributed by atoms with Gasteiger partial charge in [-0.25, -0.2) is 22.8 Å². The van der Waals surface area contributed by atoms with Crippen LogP contribution in [0, 0.1) is 0 Å². The van der Waals surface area contributed by atoms with E-state index in [1.165, 1.54) is 12.2 Å². The van der Waals surface area contributed by atoms with Crippen LogP contribution in [0.15, 0.2) is 82.5 Å². The third-order valence-corrected chi connectivity index (χ3v) is 15.3. The molecule has 6 rings (SSSR count). The van der Waals surface area contributed by atoms with Crippen molar-refractivity contribution in [2.45, 2.75) is 37.7 Å². The third-order valence-electron chi connectivity index (χ3n) is 10.4. The number of ether oxygens (including phenoxy) is 1. The van der Waals surface area contributed by atoms with E-state index in [0.717, 1.165) is 53.5 Å². The van der Waals surface area contributed by atoms with Crippen LogP contribution in [0.3, 0.4) is 0 Å². The quantitative estimate of drug-likeness (QED) is 0.0418. The van der Waals surface area contributed by atoms with E-state index in [9.17, 15) is 52.7 Å². The fourth-order valence-electron chi connectivity index (χ4n) is 7.17. The minimum atomic E-state index is -5.87. The number of hydrogen-bond donors (Lipinski definition) is 6. The predicted octanol–water partition coefficient (Wildman–Crippen LogP) is 2.66. The zero-order chi connectivity index (χ0) is 49.0. The van der Waals surface area contributed by atoms with Crippen molar-refractivity contribution in [2.75, 3.05) is 59.8 Å². The molecule has 6 atom stereocenters. The Morgan fingerprint density at radius 2 is 1.75 bits per heavy atom. The van der Waals surface area contributed by atoms with Gasteiger partial charge in [0.1, 0.15) is 26.4 Å². The lowest BCUT2D eigenvalue weighted by Crippen LogP contribution is -2.33. The lowest BCUT2D eigenvalue weighted by Gasteiger charge is -2.22. The van der Waals surface area contributed by atoms with E-state index in [2.05, 4.69) is 69.3 Å². The topological polar surface area (TPSA) is 303 Å². The Morgan fingerprint density at radius 1 is 1.01 bits per heavy atom. The molecule has 2 aliphatic heterocycles. The minimum Gasteiger partial charge on any atom is -0.756 e. The largest absolute Gasteiger partial charge is 0.756 e. The summed E-state index contributed by atoms with van der Waals surface area (Å²) in [5.41, 5.74) is 2.56. The summed E-state index contributed by atoms with van der Waals surface area (Å²) in [6.45, 7) is -0.715. The number of aromatic amines is 1. The second-order valence-corrected chi connectivity index (χ2v) is 21.2. The SMILES string of the molecule is CN(CCCC(=O)NC/C=C/c1cn([C@H]2C[C@H](O)[C@@H](COP(=O)(O)OP(=O)(O)OP(=O)([O-])O)O2)c(=O)[nH]c1=O)C(=O)c1ccccc1-c1c2ccc(=[N+](C)C)cc-2sc2cc(N(C)C)ccc12. The monoisotopic (exact) mass is 1010 g/mol. The molecule has 2 amide bonds. The molecule has 67 heavy (non-hydrogen) atoms. The lowest BCUT2D eigenvalue weighted by atomic mass is 9.91. The number of H-pyrrole nitrogens is 1. The van der Waals surface area contributed by atoms with Gasteiger partial charge < -0.3 is 44.5 Å². The minimum absolute atomic E-state index is 0.0106. The summed E-state index contributed by atoms with van der Waals surface area (Å²) in [5, 5.41) is 15.2. The van der Waals surface area contributed by atoms with E-state index in [0.29, 0.717) is 12.0 Å². The maximum atomic E-state index is 14.1. The summed E-state index contributed by atoms with van der Waals surface area (Å²) in [6, 6.07) is 20.1. The van der Waals surface area contributed by atoms with Crippen LogP contribution < -0.4 is 36.3 Å². The fraction of sp³-hybridized carbons (Fsp3) is 0.341. The highest BCUT2D eigenvalue weighted by molar-refractivity contribution is 7.66. The Bertz CT molecular complexity index is 3020. The van der Waals surface area contributed by atoms with Gasteiger partial charge in [0.15, 0.2) is 0 Å². The van der Waals surface area contributed by atoms with Crippen molar-refractivity contribution in [3.8, 4) is 21.6 Å². The molecule has 0 saturated carbocycles. The van der Waals surface area contributed by atoms with Gasteiger partial charge in [-0.15, -0.1) is 11.3 Å². The molecule has 0 bridgehead atoms. The molecule has 3 heterocycles. The van der Waals surface area contributed by atoms with Crippen LogP contribution in [0.5, 0.6) is 0 Å². The van der Waals surface area contributed by atoms with Gasteiger partial charge in [0.2, 0.25) is 11.3 Å². The van der Waals surface area contributed by atoms with Crippen LogP contribution in [-0.4, -0.2) is 113 Å². The molecule has 1 aliphatic carbocycles. The van der Waals surface area contributed by atoms with E-state index < -0.39 is 59.8 Å². The number of phosphoric acid groups is 3. The summed E-state index contributed by atoms with van der Waals surface area (Å²) in [7, 11) is -7.60. The number of carbonyl (C=O) groups excluding carboxylic acids is 2. The summed E-state index contributed by atoms with van der Waals surface area (Å²) in [4.78, 5) is 97.3. The number of aliphatic hydroxyl groups excluding tert-OH is 1. The summed E-state index contributed by atoms with van der Waals surface area (Å²) < 4.78 is 55.6. The standard InChI is InChI=1S/C41H49N6O16P3S/c1-44(2)26-14-16-30-34(20-26)67-35-21-27(45(3)4)15-17-31(35)38(30)28-11-6-7-12-29(28)40(51)46(5)19-9-13-36(49)42-18-8-10-25-23-47(41(52)43-39(25)50)37-22-32(48)33(61-37)24-60-65(56,57)63-66(58,59)62-64(53,54)55/h6-8,10-12,14-17,20-21,23,32-33,37,48H,9,13,18-19,22,24H2,1-5H3,(H5-,42,43,49,50,52,53,54,55,56,57,58,59)/b10-8+/t32-,33+,37+/m0/s1. The van der Waals surface area contributed by atoms with Crippen molar-refractivity contribution in [2.24, 2.45) is 0 Å². The number of nitrogens with one attached hydrogen (secondary N) is 2. The molecule has 3 unspecified atom stereocenters.